The van der Waals surface area contributed by atoms with E-state index in [0.29, 0.717) is 13.0 Å². The van der Waals surface area contributed by atoms with E-state index in [2.05, 4.69) is 26.1 Å². The molecule has 6 nitrogen and oxygen atoms in total. The third-order valence-electron chi connectivity index (χ3n) is 4.45. The van der Waals surface area contributed by atoms with E-state index in [4.69, 9.17) is 9.47 Å². The molecule has 0 aliphatic carbocycles. The summed E-state index contributed by atoms with van der Waals surface area (Å²) in [5, 5.41) is 2.82. The summed E-state index contributed by atoms with van der Waals surface area (Å²) in [6, 6.07) is 6.15. The molecule has 1 fully saturated rings. The molecule has 1 aliphatic heterocycles. The Morgan fingerprint density at radius 2 is 1.85 bits per heavy atom. The van der Waals surface area contributed by atoms with Crippen LogP contribution in [0.15, 0.2) is 24.3 Å². The third-order valence-corrected chi connectivity index (χ3v) is 4.45. The molecular formula is C20H30N2O4. The van der Waals surface area contributed by atoms with Crippen LogP contribution in [0.2, 0.25) is 0 Å². The number of amides is 3. The van der Waals surface area contributed by atoms with Crippen molar-refractivity contribution < 1.29 is 19.1 Å². The van der Waals surface area contributed by atoms with Crippen molar-refractivity contribution in [3.05, 3.63) is 29.8 Å². The average Bonchev–Trinajstić information content (AvgIpc) is 2.85. The summed E-state index contributed by atoms with van der Waals surface area (Å²) in [4.78, 5) is 26.6. The molecule has 1 aromatic carbocycles. The molecule has 3 amide bonds. The van der Waals surface area contributed by atoms with E-state index in [1.807, 2.05) is 31.2 Å². The van der Waals surface area contributed by atoms with E-state index in [9.17, 15) is 9.59 Å². The number of carbonyl (C=O) groups excluding carboxylic acids is 2. The van der Waals surface area contributed by atoms with Gasteiger partial charge in [0.05, 0.1) is 19.3 Å². The predicted molar refractivity (Wildman–Crippen MR) is 100 cm³/mol. The van der Waals surface area contributed by atoms with E-state index >= 15 is 0 Å². The SMILES string of the molecule is CCOc1ccc([C@@H](COC)N2C(=O)N[C@@H](CCC(C)(C)C)C2=O)cc1. The van der Waals surface area contributed by atoms with Crippen molar-refractivity contribution in [2.75, 3.05) is 20.3 Å². The number of urea groups is 1. The number of methoxy groups -OCH3 is 1. The first-order valence-corrected chi connectivity index (χ1v) is 9.12. The van der Waals surface area contributed by atoms with Gasteiger partial charge < -0.3 is 14.8 Å². The summed E-state index contributed by atoms with van der Waals surface area (Å²) in [6.07, 6.45) is 1.49. The second-order valence-corrected chi connectivity index (χ2v) is 7.78. The molecule has 0 aromatic heterocycles. The first-order chi connectivity index (χ1) is 12.3. The minimum absolute atomic E-state index is 0.111. The van der Waals surface area contributed by atoms with Crippen molar-refractivity contribution in [2.24, 2.45) is 5.41 Å². The Bertz CT molecular complexity index is 622. The van der Waals surface area contributed by atoms with Crippen LogP contribution in [-0.4, -0.2) is 43.2 Å². The summed E-state index contributed by atoms with van der Waals surface area (Å²) < 4.78 is 10.7. The van der Waals surface area contributed by atoms with Gasteiger partial charge in [0.25, 0.3) is 5.91 Å². The molecule has 26 heavy (non-hydrogen) atoms. The molecule has 1 aliphatic rings. The highest BCUT2D eigenvalue weighted by Gasteiger charge is 2.42. The van der Waals surface area contributed by atoms with Crippen molar-refractivity contribution in [2.45, 2.75) is 52.6 Å². The van der Waals surface area contributed by atoms with E-state index < -0.39 is 12.1 Å². The largest absolute Gasteiger partial charge is 0.494 e. The van der Waals surface area contributed by atoms with Gasteiger partial charge in [-0.05, 0) is 42.9 Å². The van der Waals surface area contributed by atoms with Crippen LogP contribution in [0.5, 0.6) is 5.75 Å². The zero-order valence-corrected chi connectivity index (χ0v) is 16.4. The Labute approximate surface area is 155 Å². The molecule has 144 valence electrons. The Morgan fingerprint density at radius 3 is 2.38 bits per heavy atom. The molecular weight excluding hydrogens is 332 g/mol. The third kappa shape index (κ3) is 4.97. The number of nitrogens with one attached hydrogen (secondary N) is 1. The molecule has 0 spiro atoms. The molecule has 0 bridgehead atoms. The van der Waals surface area contributed by atoms with Gasteiger partial charge >= 0.3 is 6.03 Å². The fraction of sp³-hybridized carbons (Fsp3) is 0.600. The van der Waals surface area contributed by atoms with Gasteiger partial charge in [0.2, 0.25) is 0 Å². The molecule has 2 rings (SSSR count). The van der Waals surface area contributed by atoms with Crippen LogP contribution >= 0.6 is 0 Å². The number of rotatable bonds is 8. The normalized spacial score (nSPS) is 18.8. The van der Waals surface area contributed by atoms with Gasteiger partial charge in [-0.25, -0.2) is 4.79 Å². The van der Waals surface area contributed by atoms with Crippen LogP contribution < -0.4 is 10.1 Å². The molecule has 2 atom stereocenters. The van der Waals surface area contributed by atoms with Gasteiger partial charge in [0, 0.05) is 7.11 Å². The standard InChI is InChI=1S/C20H30N2O4/c1-6-26-15-9-7-14(8-10-15)17(13-25-5)22-18(23)16(21-19(22)24)11-12-20(2,3)4/h7-10,16-17H,6,11-13H2,1-5H3,(H,21,24)/t16-,17+/m0/s1. The Kier molecular flexibility index (Phi) is 6.64. The summed E-state index contributed by atoms with van der Waals surface area (Å²) >= 11 is 0. The fourth-order valence-corrected chi connectivity index (χ4v) is 3.05. The summed E-state index contributed by atoms with van der Waals surface area (Å²) in [7, 11) is 1.57. The Balaban J connectivity index is 2.17. The Hall–Kier alpha value is -2.08. The van der Waals surface area contributed by atoms with Gasteiger partial charge in [0.15, 0.2) is 0 Å². The van der Waals surface area contributed by atoms with E-state index in [1.54, 1.807) is 7.11 Å². The van der Waals surface area contributed by atoms with Crippen molar-refractivity contribution in [3.8, 4) is 5.75 Å². The van der Waals surface area contributed by atoms with Crippen LogP contribution in [0.1, 0.15) is 52.1 Å². The number of imide groups is 1. The number of hydrogen-bond acceptors (Lipinski definition) is 4. The first-order valence-electron chi connectivity index (χ1n) is 9.12. The zero-order valence-electron chi connectivity index (χ0n) is 16.4. The highest BCUT2D eigenvalue weighted by Crippen LogP contribution is 2.29. The van der Waals surface area contributed by atoms with Crippen molar-refractivity contribution in [3.63, 3.8) is 0 Å². The number of ether oxygens (including phenoxy) is 2. The van der Waals surface area contributed by atoms with Gasteiger partial charge in [0.1, 0.15) is 11.8 Å². The topological polar surface area (TPSA) is 67.9 Å². The molecule has 0 radical (unpaired) electrons. The molecule has 1 saturated heterocycles. The van der Waals surface area contributed by atoms with Gasteiger partial charge in [-0.15, -0.1) is 0 Å². The van der Waals surface area contributed by atoms with Crippen LogP contribution in [0.3, 0.4) is 0 Å². The van der Waals surface area contributed by atoms with Crippen LogP contribution in [0.4, 0.5) is 4.79 Å². The van der Waals surface area contributed by atoms with Gasteiger partial charge in [-0.1, -0.05) is 32.9 Å². The summed E-state index contributed by atoms with van der Waals surface area (Å²) in [5.74, 6) is 0.572. The molecule has 6 heteroatoms. The van der Waals surface area contributed by atoms with Gasteiger partial charge in [-0.2, -0.15) is 0 Å². The quantitative estimate of drug-likeness (QED) is 0.719. The second-order valence-electron chi connectivity index (χ2n) is 7.78. The lowest BCUT2D eigenvalue weighted by Gasteiger charge is -2.25. The van der Waals surface area contributed by atoms with Crippen LogP contribution in [0.25, 0.3) is 0 Å². The molecule has 1 N–H and O–H groups in total. The molecule has 1 aromatic rings. The monoisotopic (exact) mass is 362 g/mol. The molecule has 1 heterocycles. The summed E-state index contributed by atoms with van der Waals surface area (Å²) in [5.41, 5.74) is 0.953. The maximum Gasteiger partial charge on any atom is 0.325 e. The molecule has 0 unspecified atom stereocenters. The first kappa shape index (κ1) is 20.2. The minimum Gasteiger partial charge on any atom is -0.494 e. The predicted octanol–water partition coefficient (Wildman–Crippen LogP) is 3.52. The fourth-order valence-electron chi connectivity index (χ4n) is 3.05. The minimum atomic E-state index is -0.469. The smallest absolute Gasteiger partial charge is 0.325 e. The van der Waals surface area contributed by atoms with E-state index in [0.717, 1.165) is 17.7 Å². The lowest BCUT2D eigenvalue weighted by atomic mass is 9.88. The van der Waals surface area contributed by atoms with Gasteiger partial charge in [-0.3, -0.25) is 9.69 Å². The lowest BCUT2D eigenvalue weighted by Crippen LogP contribution is -2.37. The molecule has 0 saturated carbocycles. The van der Waals surface area contributed by atoms with Crippen molar-refractivity contribution in [1.29, 1.82) is 0 Å². The number of nitrogens with zero attached hydrogens (tertiary/aromatic N) is 1. The summed E-state index contributed by atoms with van der Waals surface area (Å²) in [6.45, 7) is 9.13. The maximum atomic E-state index is 12.9. The van der Waals surface area contributed by atoms with Crippen LogP contribution in [-0.2, 0) is 9.53 Å². The van der Waals surface area contributed by atoms with Crippen molar-refractivity contribution in [1.82, 2.24) is 10.2 Å². The van der Waals surface area contributed by atoms with Crippen molar-refractivity contribution >= 4 is 11.9 Å². The van der Waals surface area contributed by atoms with Crippen LogP contribution in [0, 0.1) is 5.41 Å². The number of hydrogen-bond donors (Lipinski definition) is 1. The average molecular weight is 362 g/mol. The Morgan fingerprint density at radius 1 is 1.19 bits per heavy atom. The second kappa shape index (κ2) is 8.54. The highest BCUT2D eigenvalue weighted by atomic mass is 16.5. The zero-order chi connectivity index (χ0) is 19.3. The number of carbonyl (C=O) groups is 2. The highest BCUT2D eigenvalue weighted by molar-refractivity contribution is 6.04. The lowest BCUT2D eigenvalue weighted by molar-refractivity contribution is -0.130. The van der Waals surface area contributed by atoms with E-state index in [1.165, 1.54) is 4.90 Å². The number of benzene rings is 1. The van der Waals surface area contributed by atoms with E-state index in [-0.39, 0.29) is 24.0 Å². The maximum absolute atomic E-state index is 12.9.